The Labute approximate surface area is 152 Å². The summed E-state index contributed by atoms with van der Waals surface area (Å²) >= 11 is 0. The molecular formula is C18H23N5O3. The number of aryl methyl sites for hydroxylation is 2. The third-order valence-corrected chi connectivity index (χ3v) is 3.82. The predicted molar refractivity (Wildman–Crippen MR) is 99.0 cm³/mol. The van der Waals surface area contributed by atoms with E-state index in [1.165, 1.54) is 7.11 Å². The maximum Gasteiger partial charge on any atom is 0.273 e. The van der Waals surface area contributed by atoms with E-state index >= 15 is 0 Å². The maximum absolute atomic E-state index is 12.1. The van der Waals surface area contributed by atoms with Crippen LogP contribution in [0.4, 0.5) is 0 Å². The summed E-state index contributed by atoms with van der Waals surface area (Å²) in [7, 11) is 4.78. The molecule has 0 radical (unpaired) electrons. The molecule has 0 bridgehead atoms. The molecule has 1 aromatic heterocycles. The molecule has 1 N–H and O–H groups in total. The lowest BCUT2D eigenvalue weighted by Gasteiger charge is -2.12. The number of carbonyl (C=O) groups is 1. The number of hydrogen-bond donors (Lipinski definition) is 1. The first kappa shape index (κ1) is 19.2. The summed E-state index contributed by atoms with van der Waals surface area (Å²) in [5, 5.41) is 14.7. The van der Waals surface area contributed by atoms with Crippen molar-refractivity contribution in [1.82, 2.24) is 15.1 Å². The van der Waals surface area contributed by atoms with E-state index in [0.717, 1.165) is 16.7 Å². The average molecular weight is 357 g/mol. The van der Waals surface area contributed by atoms with Gasteiger partial charge in [-0.2, -0.15) is 5.10 Å². The van der Waals surface area contributed by atoms with E-state index in [9.17, 15) is 4.79 Å². The Morgan fingerprint density at radius 2 is 2.12 bits per heavy atom. The van der Waals surface area contributed by atoms with Crippen molar-refractivity contribution in [3.05, 3.63) is 52.8 Å². The lowest BCUT2D eigenvalue weighted by molar-refractivity contribution is -0.114. The number of aromatic nitrogens is 2. The van der Waals surface area contributed by atoms with Crippen molar-refractivity contribution in [2.75, 3.05) is 14.2 Å². The molecule has 2 rings (SSSR count). The lowest BCUT2D eigenvalue weighted by atomic mass is 9.98. The van der Waals surface area contributed by atoms with Crippen LogP contribution in [-0.2, 0) is 28.1 Å². The highest BCUT2D eigenvalue weighted by molar-refractivity contribution is 6.45. The highest BCUT2D eigenvalue weighted by Gasteiger charge is 2.19. The van der Waals surface area contributed by atoms with Gasteiger partial charge >= 0.3 is 0 Å². The number of likely N-dealkylation sites (N-methyl/N-ethyl adjacent to an activating group) is 1. The SMILES string of the molecule is CNC(=O)/C(=N/OC)c1cccc(C)c1CO/N=C(\C)c1cnn(C)c1. The van der Waals surface area contributed by atoms with Crippen molar-refractivity contribution >= 4 is 17.3 Å². The molecule has 8 nitrogen and oxygen atoms in total. The largest absolute Gasteiger partial charge is 0.398 e. The number of nitrogens with one attached hydrogen (secondary N) is 1. The number of carbonyl (C=O) groups excluding carboxylic acids is 1. The van der Waals surface area contributed by atoms with Crippen LogP contribution in [-0.4, -0.2) is 41.3 Å². The molecule has 26 heavy (non-hydrogen) atoms. The molecule has 0 saturated heterocycles. The zero-order chi connectivity index (χ0) is 19.1. The van der Waals surface area contributed by atoms with Crippen molar-refractivity contribution in [2.45, 2.75) is 20.5 Å². The van der Waals surface area contributed by atoms with Gasteiger partial charge in [0.15, 0.2) is 5.71 Å². The molecule has 0 unspecified atom stereocenters. The van der Waals surface area contributed by atoms with Crippen LogP contribution < -0.4 is 5.32 Å². The smallest absolute Gasteiger partial charge is 0.273 e. The standard InChI is InChI=1S/C18H23N5O3/c1-12-7-6-8-15(17(22-25-5)18(24)19-3)16(12)11-26-21-13(2)14-9-20-23(4)10-14/h6-10H,11H2,1-5H3,(H,19,24)/b21-13+,22-17+. The second-order valence-corrected chi connectivity index (χ2v) is 5.66. The van der Waals surface area contributed by atoms with Crippen molar-refractivity contribution in [2.24, 2.45) is 17.4 Å². The molecule has 0 aliphatic rings. The van der Waals surface area contributed by atoms with Gasteiger partial charge in [0.2, 0.25) is 0 Å². The van der Waals surface area contributed by atoms with Gasteiger partial charge in [0, 0.05) is 37.0 Å². The summed E-state index contributed by atoms with van der Waals surface area (Å²) in [4.78, 5) is 22.5. The van der Waals surface area contributed by atoms with Crippen LogP contribution in [0.15, 0.2) is 40.9 Å². The highest BCUT2D eigenvalue weighted by atomic mass is 16.6. The van der Waals surface area contributed by atoms with E-state index in [2.05, 4.69) is 20.7 Å². The molecule has 138 valence electrons. The van der Waals surface area contributed by atoms with Crippen LogP contribution in [0.2, 0.25) is 0 Å². The van der Waals surface area contributed by atoms with Gasteiger partial charge in [0.1, 0.15) is 13.7 Å². The Morgan fingerprint density at radius 1 is 1.35 bits per heavy atom. The van der Waals surface area contributed by atoms with Gasteiger partial charge in [0.25, 0.3) is 5.91 Å². The Hall–Kier alpha value is -3.16. The summed E-state index contributed by atoms with van der Waals surface area (Å²) in [6, 6.07) is 5.59. The molecule has 8 heteroatoms. The monoisotopic (exact) mass is 357 g/mol. The number of rotatable bonds is 7. The third-order valence-electron chi connectivity index (χ3n) is 3.82. The molecule has 0 saturated carbocycles. The summed E-state index contributed by atoms with van der Waals surface area (Å²) in [5.74, 6) is -0.339. The molecule has 1 aromatic carbocycles. The fraction of sp³-hybridized carbons (Fsp3) is 0.333. The summed E-state index contributed by atoms with van der Waals surface area (Å²) in [5.41, 5.74) is 4.19. The second kappa shape index (κ2) is 8.80. The second-order valence-electron chi connectivity index (χ2n) is 5.66. The number of amides is 1. The molecule has 2 aromatic rings. The zero-order valence-corrected chi connectivity index (χ0v) is 15.6. The van der Waals surface area contributed by atoms with Crippen LogP contribution >= 0.6 is 0 Å². The first-order chi connectivity index (χ1) is 12.5. The normalized spacial score (nSPS) is 12.0. The molecule has 0 fully saturated rings. The average Bonchev–Trinajstić information content (AvgIpc) is 3.07. The highest BCUT2D eigenvalue weighted by Crippen LogP contribution is 2.17. The van der Waals surface area contributed by atoms with Crippen LogP contribution in [0.1, 0.15) is 29.2 Å². The van der Waals surface area contributed by atoms with E-state index in [1.807, 2.05) is 39.2 Å². The summed E-state index contributed by atoms with van der Waals surface area (Å²) in [6.07, 6.45) is 3.58. The first-order valence-electron chi connectivity index (χ1n) is 8.05. The van der Waals surface area contributed by atoms with Crippen molar-refractivity contribution in [3.63, 3.8) is 0 Å². The van der Waals surface area contributed by atoms with Gasteiger partial charge < -0.3 is 15.0 Å². The van der Waals surface area contributed by atoms with Crippen molar-refractivity contribution in [3.8, 4) is 0 Å². The third kappa shape index (κ3) is 4.47. The van der Waals surface area contributed by atoms with E-state index < -0.39 is 0 Å². The molecule has 0 aliphatic carbocycles. The maximum atomic E-state index is 12.1. The van der Waals surface area contributed by atoms with Crippen LogP contribution in [0.5, 0.6) is 0 Å². The molecule has 0 spiro atoms. The Morgan fingerprint density at radius 3 is 2.73 bits per heavy atom. The van der Waals surface area contributed by atoms with Gasteiger partial charge in [0.05, 0.1) is 11.9 Å². The zero-order valence-electron chi connectivity index (χ0n) is 15.6. The number of hydrogen-bond acceptors (Lipinski definition) is 6. The molecule has 1 heterocycles. The summed E-state index contributed by atoms with van der Waals surface area (Å²) < 4.78 is 1.70. The van der Waals surface area contributed by atoms with E-state index in [-0.39, 0.29) is 18.2 Å². The number of benzene rings is 1. The number of nitrogens with zero attached hydrogens (tertiary/aromatic N) is 4. The van der Waals surface area contributed by atoms with Gasteiger partial charge in [-0.25, -0.2) is 0 Å². The van der Waals surface area contributed by atoms with Crippen LogP contribution in [0.25, 0.3) is 0 Å². The fourth-order valence-corrected chi connectivity index (χ4v) is 2.39. The van der Waals surface area contributed by atoms with Crippen molar-refractivity contribution < 1.29 is 14.5 Å². The summed E-state index contributed by atoms with van der Waals surface area (Å²) in [6.45, 7) is 3.98. The minimum absolute atomic E-state index is 0.185. The van der Waals surface area contributed by atoms with Crippen molar-refractivity contribution in [1.29, 1.82) is 0 Å². The van der Waals surface area contributed by atoms with Crippen LogP contribution in [0, 0.1) is 6.92 Å². The topological polar surface area (TPSA) is 90.1 Å². The van der Waals surface area contributed by atoms with Crippen LogP contribution in [0.3, 0.4) is 0 Å². The minimum atomic E-state index is -0.339. The molecule has 0 aliphatic heterocycles. The van der Waals surface area contributed by atoms with E-state index in [1.54, 1.807) is 24.0 Å². The molecule has 1 amide bonds. The van der Waals surface area contributed by atoms with Gasteiger partial charge in [-0.15, -0.1) is 0 Å². The fourth-order valence-electron chi connectivity index (χ4n) is 2.39. The molecular weight excluding hydrogens is 334 g/mol. The van der Waals surface area contributed by atoms with Gasteiger partial charge in [-0.3, -0.25) is 9.48 Å². The molecule has 0 atom stereocenters. The lowest BCUT2D eigenvalue weighted by Crippen LogP contribution is -2.29. The minimum Gasteiger partial charge on any atom is -0.398 e. The van der Waals surface area contributed by atoms with E-state index in [4.69, 9.17) is 9.68 Å². The predicted octanol–water partition coefficient (Wildman–Crippen LogP) is 1.77. The van der Waals surface area contributed by atoms with Gasteiger partial charge in [-0.1, -0.05) is 28.5 Å². The Bertz CT molecular complexity index is 839. The Kier molecular flexibility index (Phi) is 6.48. The Balaban J connectivity index is 2.26. The quantitative estimate of drug-likeness (QED) is 0.604. The first-order valence-corrected chi connectivity index (χ1v) is 8.05. The van der Waals surface area contributed by atoms with Gasteiger partial charge in [-0.05, 0) is 19.4 Å². The number of oxime groups is 2. The van der Waals surface area contributed by atoms with E-state index in [0.29, 0.717) is 11.3 Å².